The van der Waals surface area contributed by atoms with E-state index in [1.807, 2.05) is 5.38 Å². The number of hydrogen-bond acceptors (Lipinski definition) is 10. The van der Waals surface area contributed by atoms with Gasteiger partial charge in [-0.3, -0.25) is 4.90 Å². The minimum absolute atomic E-state index is 0.157. The van der Waals surface area contributed by atoms with Crippen molar-refractivity contribution in [2.45, 2.75) is 45.1 Å². The van der Waals surface area contributed by atoms with E-state index in [-0.39, 0.29) is 12.3 Å². The molecule has 0 unspecified atom stereocenters. The second kappa shape index (κ2) is 13.0. The van der Waals surface area contributed by atoms with Crippen LogP contribution in [0.1, 0.15) is 59.6 Å². The van der Waals surface area contributed by atoms with Crippen LogP contribution in [-0.4, -0.2) is 53.8 Å². The molecule has 0 N–H and O–H groups in total. The van der Waals surface area contributed by atoms with Gasteiger partial charge in [0.15, 0.2) is 11.5 Å². The number of hydrogen-bond donors (Lipinski definition) is 0. The van der Waals surface area contributed by atoms with Crippen molar-refractivity contribution in [3.8, 4) is 23.6 Å². The van der Waals surface area contributed by atoms with E-state index in [9.17, 15) is 4.79 Å². The third-order valence-electron chi connectivity index (χ3n) is 6.40. The molecule has 1 aliphatic heterocycles. The number of rotatable bonds is 11. The summed E-state index contributed by atoms with van der Waals surface area (Å²) < 4.78 is 10.3. The zero-order valence-corrected chi connectivity index (χ0v) is 21.7. The van der Waals surface area contributed by atoms with Crippen LogP contribution >= 0.6 is 11.3 Å². The number of piperidine rings is 1. The number of nitrogens with zero attached hydrogens (tertiary/aromatic N) is 6. The number of carbonyl (C=O) groups is 1. The number of anilines is 1. The summed E-state index contributed by atoms with van der Waals surface area (Å²) in [5, 5.41) is 24.7. The second-order valence-electron chi connectivity index (χ2n) is 8.89. The maximum atomic E-state index is 11.8. The molecule has 0 saturated carbocycles. The summed E-state index contributed by atoms with van der Waals surface area (Å²) in [6.45, 7) is 6.18. The highest BCUT2D eigenvalue weighted by molar-refractivity contribution is 7.10. The van der Waals surface area contributed by atoms with Gasteiger partial charge in [-0.25, -0.2) is 9.78 Å². The van der Waals surface area contributed by atoms with Gasteiger partial charge in [0.2, 0.25) is 0 Å². The van der Waals surface area contributed by atoms with Crippen molar-refractivity contribution in [2.24, 2.45) is 0 Å². The number of ether oxygens (including phenoxy) is 1. The van der Waals surface area contributed by atoms with Crippen LogP contribution in [0.15, 0.2) is 40.2 Å². The molecule has 37 heavy (non-hydrogen) atoms. The summed E-state index contributed by atoms with van der Waals surface area (Å²) in [5.41, 5.74) is 3.16. The first kappa shape index (κ1) is 26.3. The summed E-state index contributed by atoms with van der Waals surface area (Å²) in [5.74, 6) is 0.384. The molecule has 1 fully saturated rings. The zero-order valence-electron chi connectivity index (χ0n) is 20.9. The van der Waals surface area contributed by atoms with Gasteiger partial charge in [-0.2, -0.15) is 10.5 Å². The Morgan fingerprint density at radius 2 is 1.89 bits per heavy atom. The Kier molecular flexibility index (Phi) is 9.25. The minimum Gasteiger partial charge on any atom is -0.461 e. The summed E-state index contributed by atoms with van der Waals surface area (Å²) in [6.07, 6.45) is 2.95. The number of esters is 1. The lowest BCUT2D eigenvalue weighted by atomic mass is 9.97. The minimum atomic E-state index is -0.495. The second-order valence-corrected chi connectivity index (χ2v) is 9.78. The van der Waals surface area contributed by atoms with E-state index in [1.54, 1.807) is 24.3 Å². The van der Waals surface area contributed by atoms with Crippen LogP contribution in [0.2, 0.25) is 0 Å². The Balaban J connectivity index is 1.29. The lowest BCUT2D eigenvalue weighted by molar-refractivity contribution is 0.0514. The molecule has 0 amide bonds. The molecule has 1 aromatic carbocycles. The smallest absolute Gasteiger partial charge is 0.360 e. The number of benzene rings is 1. The van der Waals surface area contributed by atoms with Crippen LogP contribution in [0.5, 0.6) is 0 Å². The highest BCUT2D eigenvalue weighted by Crippen LogP contribution is 2.33. The highest BCUT2D eigenvalue weighted by atomic mass is 32.1. The van der Waals surface area contributed by atoms with Crippen molar-refractivity contribution >= 4 is 23.0 Å². The number of nitriles is 2. The molecule has 2 aromatic heterocycles. The van der Waals surface area contributed by atoms with Crippen LogP contribution in [-0.2, 0) is 11.3 Å². The van der Waals surface area contributed by atoms with Crippen molar-refractivity contribution in [1.29, 1.82) is 10.5 Å². The molecule has 0 spiro atoms. The molecule has 4 rings (SSSR count). The highest BCUT2D eigenvalue weighted by Gasteiger charge is 2.24. The van der Waals surface area contributed by atoms with Crippen molar-refractivity contribution in [2.75, 3.05) is 37.7 Å². The third kappa shape index (κ3) is 6.94. The van der Waals surface area contributed by atoms with Gasteiger partial charge >= 0.3 is 5.97 Å². The maximum absolute atomic E-state index is 11.8. The van der Waals surface area contributed by atoms with E-state index in [4.69, 9.17) is 24.8 Å². The van der Waals surface area contributed by atoms with Gasteiger partial charge < -0.3 is 14.2 Å². The van der Waals surface area contributed by atoms with Crippen molar-refractivity contribution < 1.29 is 14.1 Å². The van der Waals surface area contributed by atoms with E-state index in [2.05, 4.69) is 51.4 Å². The molecule has 10 heteroatoms. The topological polar surface area (TPSA) is 119 Å². The summed E-state index contributed by atoms with van der Waals surface area (Å²) in [6, 6.07) is 14.4. The quantitative estimate of drug-likeness (QED) is 0.323. The van der Waals surface area contributed by atoms with Crippen LogP contribution in [0.3, 0.4) is 0 Å². The number of aromatic nitrogens is 2. The fourth-order valence-electron chi connectivity index (χ4n) is 4.43. The fourth-order valence-corrected chi connectivity index (χ4v) is 5.41. The zero-order chi connectivity index (χ0) is 26.0. The normalized spacial score (nSPS) is 14.1. The number of thiazole rings is 1. The predicted molar refractivity (Wildman–Crippen MR) is 140 cm³/mol. The van der Waals surface area contributed by atoms with Crippen LogP contribution < -0.4 is 4.90 Å². The molecule has 0 bridgehead atoms. The van der Waals surface area contributed by atoms with Crippen LogP contribution in [0.25, 0.3) is 11.5 Å². The summed E-state index contributed by atoms with van der Waals surface area (Å²) in [4.78, 5) is 21.2. The Labute approximate surface area is 220 Å². The van der Waals surface area contributed by atoms with E-state index >= 15 is 0 Å². The predicted octanol–water partition coefficient (Wildman–Crippen LogP) is 4.99. The summed E-state index contributed by atoms with van der Waals surface area (Å²) in [7, 11) is 0. The van der Waals surface area contributed by atoms with Gasteiger partial charge in [-0.05, 0) is 50.6 Å². The Morgan fingerprint density at radius 1 is 1.19 bits per heavy atom. The van der Waals surface area contributed by atoms with Gasteiger partial charge in [-0.15, -0.1) is 11.3 Å². The first-order chi connectivity index (χ1) is 18.1. The van der Waals surface area contributed by atoms with E-state index in [0.29, 0.717) is 43.3 Å². The lowest BCUT2D eigenvalue weighted by Gasteiger charge is -2.31. The monoisotopic (exact) mass is 518 g/mol. The van der Waals surface area contributed by atoms with Crippen molar-refractivity contribution in [3.05, 3.63) is 52.0 Å². The van der Waals surface area contributed by atoms with Crippen LogP contribution in [0, 0.1) is 22.7 Å². The number of likely N-dealkylation sites (tertiary alicyclic amines) is 1. The molecule has 1 aliphatic rings. The molecule has 3 heterocycles. The van der Waals surface area contributed by atoms with Gasteiger partial charge in [0, 0.05) is 42.7 Å². The Hall–Kier alpha value is -3.73. The van der Waals surface area contributed by atoms with Gasteiger partial charge in [-0.1, -0.05) is 17.3 Å². The molecule has 9 nitrogen and oxygen atoms in total. The average Bonchev–Trinajstić information content (AvgIpc) is 3.61. The Bertz CT molecular complexity index is 1230. The molecule has 0 radical (unpaired) electrons. The van der Waals surface area contributed by atoms with E-state index in [1.165, 1.54) is 5.56 Å². The van der Waals surface area contributed by atoms with E-state index in [0.717, 1.165) is 43.2 Å². The number of carbonyl (C=O) groups excluding carboxylic acids is 1. The first-order valence-electron chi connectivity index (χ1n) is 12.5. The maximum Gasteiger partial charge on any atom is 0.360 e. The van der Waals surface area contributed by atoms with Crippen molar-refractivity contribution in [1.82, 2.24) is 15.0 Å². The standard InChI is InChI=1S/C27H30N6O3S/c1-2-35-27(34)23-17-25(36-31-23)24-19-37-26(30-24)21-9-15-32(16-10-21)18-20-5-7-22(8-6-20)33(13-3-11-28)14-4-12-29/h5-8,17,19,21H,2-4,9-10,13-16,18H2,1H3. The molecule has 3 aromatic rings. The SMILES string of the molecule is CCOC(=O)c1cc(-c2csc(C3CCN(Cc4ccc(N(CCC#N)CCC#N)cc4)CC3)n2)on1. The molecular weight excluding hydrogens is 488 g/mol. The molecule has 1 saturated heterocycles. The molecule has 0 atom stereocenters. The van der Waals surface area contributed by atoms with Gasteiger partial charge in [0.05, 0.1) is 36.6 Å². The Morgan fingerprint density at radius 3 is 2.54 bits per heavy atom. The fraction of sp³-hybridized carbons (Fsp3) is 0.444. The van der Waals surface area contributed by atoms with Crippen LogP contribution in [0.4, 0.5) is 5.69 Å². The van der Waals surface area contributed by atoms with Gasteiger partial charge in [0.25, 0.3) is 0 Å². The van der Waals surface area contributed by atoms with E-state index < -0.39 is 5.97 Å². The lowest BCUT2D eigenvalue weighted by Crippen LogP contribution is -2.32. The first-order valence-corrected chi connectivity index (χ1v) is 13.4. The molecule has 192 valence electrons. The molecular formula is C27H30N6O3S. The van der Waals surface area contributed by atoms with Crippen molar-refractivity contribution in [3.63, 3.8) is 0 Å². The third-order valence-corrected chi connectivity index (χ3v) is 7.41. The van der Waals surface area contributed by atoms with Gasteiger partial charge in [0.1, 0.15) is 5.69 Å². The summed E-state index contributed by atoms with van der Waals surface area (Å²) >= 11 is 1.62. The largest absolute Gasteiger partial charge is 0.461 e. The molecule has 0 aliphatic carbocycles. The average molecular weight is 519 g/mol.